The van der Waals surface area contributed by atoms with Crippen LogP contribution < -0.4 is 5.32 Å². The maximum absolute atomic E-state index is 13.8. The summed E-state index contributed by atoms with van der Waals surface area (Å²) in [6.45, 7) is 4.26. The number of nitrogens with one attached hydrogen (secondary N) is 1. The monoisotopic (exact) mass is 279 g/mol. The molecule has 2 aliphatic heterocycles. The van der Waals surface area contributed by atoms with Gasteiger partial charge in [-0.25, -0.2) is 4.39 Å². The normalized spacial score (nSPS) is 31.6. The van der Waals surface area contributed by atoms with E-state index in [1.807, 2.05) is 19.1 Å². The molecule has 1 N–H and O–H groups in total. The smallest absolute Gasteiger partial charge is 0.127 e. The summed E-state index contributed by atoms with van der Waals surface area (Å²) < 4.78 is 25.2. The molecule has 3 atom stereocenters. The Kier molecular flexibility index (Phi) is 4.06. The minimum Gasteiger partial charge on any atom is -0.378 e. The van der Waals surface area contributed by atoms with E-state index in [0.717, 1.165) is 38.0 Å². The number of rotatable bonds is 3. The molecule has 3 rings (SSSR count). The van der Waals surface area contributed by atoms with Crippen molar-refractivity contribution in [3.05, 3.63) is 35.6 Å². The lowest BCUT2D eigenvalue weighted by atomic mass is 9.89. The van der Waals surface area contributed by atoms with Crippen molar-refractivity contribution in [3.63, 3.8) is 0 Å². The summed E-state index contributed by atoms with van der Waals surface area (Å²) in [6, 6.07) is 7.35. The van der Waals surface area contributed by atoms with Crippen molar-refractivity contribution in [3.8, 4) is 0 Å². The van der Waals surface area contributed by atoms with Gasteiger partial charge in [-0.1, -0.05) is 18.2 Å². The van der Waals surface area contributed by atoms with Gasteiger partial charge in [-0.15, -0.1) is 0 Å². The minimum atomic E-state index is -0.140. The van der Waals surface area contributed by atoms with Crippen molar-refractivity contribution >= 4 is 0 Å². The Morgan fingerprint density at radius 1 is 1.35 bits per heavy atom. The Balaban J connectivity index is 1.64. The Hall–Kier alpha value is -0.970. The summed E-state index contributed by atoms with van der Waals surface area (Å²) in [5.41, 5.74) is 0.626. The van der Waals surface area contributed by atoms with Crippen LogP contribution in [0, 0.1) is 5.82 Å². The van der Waals surface area contributed by atoms with Gasteiger partial charge in [0.2, 0.25) is 0 Å². The van der Waals surface area contributed by atoms with Gasteiger partial charge in [0.25, 0.3) is 0 Å². The molecule has 3 nitrogen and oxygen atoms in total. The molecule has 1 aromatic rings. The summed E-state index contributed by atoms with van der Waals surface area (Å²) in [4.78, 5) is 0. The van der Waals surface area contributed by atoms with E-state index in [4.69, 9.17) is 9.47 Å². The van der Waals surface area contributed by atoms with Crippen molar-refractivity contribution in [2.24, 2.45) is 0 Å². The second-order valence-corrected chi connectivity index (χ2v) is 5.93. The number of ether oxygens (including phenoxy) is 2. The van der Waals surface area contributed by atoms with Crippen LogP contribution in [-0.2, 0) is 9.47 Å². The Morgan fingerprint density at radius 2 is 2.20 bits per heavy atom. The molecule has 0 aromatic heterocycles. The van der Waals surface area contributed by atoms with E-state index >= 15 is 0 Å². The summed E-state index contributed by atoms with van der Waals surface area (Å²) in [6.07, 6.45) is 2.89. The molecule has 2 aliphatic rings. The van der Waals surface area contributed by atoms with E-state index in [0.29, 0.717) is 12.6 Å². The average molecular weight is 279 g/mol. The van der Waals surface area contributed by atoms with E-state index in [1.54, 1.807) is 6.07 Å². The van der Waals surface area contributed by atoms with Crippen LogP contribution in [0.1, 0.15) is 37.8 Å². The first kappa shape index (κ1) is 14.0. The van der Waals surface area contributed by atoms with Crippen molar-refractivity contribution < 1.29 is 13.9 Å². The van der Waals surface area contributed by atoms with E-state index in [1.165, 1.54) is 6.07 Å². The van der Waals surface area contributed by atoms with Crippen LogP contribution in [0.15, 0.2) is 24.3 Å². The Morgan fingerprint density at radius 3 is 2.95 bits per heavy atom. The second kappa shape index (κ2) is 5.80. The lowest BCUT2D eigenvalue weighted by Crippen LogP contribution is -2.48. The van der Waals surface area contributed by atoms with Crippen molar-refractivity contribution in [2.75, 3.05) is 19.8 Å². The molecule has 2 saturated heterocycles. The molecule has 2 heterocycles. The third-order valence-corrected chi connectivity index (χ3v) is 4.42. The predicted octanol–water partition coefficient (Wildman–Crippen LogP) is 2.81. The molecule has 0 aliphatic carbocycles. The summed E-state index contributed by atoms with van der Waals surface area (Å²) in [7, 11) is 0. The quantitative estimate of drug-likeness (QED) is 0.923. The zero-order valence-corrected chi connectivity index (χ0v) is 11.9. The number of hydrogen-bond donors (Lipinski definition) is 1. The van der Waals surface area contributed by atoms with Crippen molar-refractivity contribution in [1.29, 1.82) is 0 Å². The van der Waals surface area contributed by atoms with Gasteiger partial charge in [0.1, 0.15) is 5.82 Å². The maximum Gasteiger partial charge on any atom is 0.127 e. The van der Waals surface area contributed by atoms with E-state index in [2.05, 4.69) is 5.32 Å². The zero-order valence-electron chi connectivity index (χ0n) is 11.9. The van der Waals surface area contributed by atoms with Crippen LogP contribution >= 0.6 is 0 Å². The molecule has 110 valence electrons. The van der Waals surface area contributed by atoms with Gasteiger partial charge in [0.05, 0.1) is 12.2 Å². The number of hydrogen-bond acceptors (Lipinski definition) is 3. The van der Waals surface area contributed by atoms with Crippen LogP contribution in [0.2, 0.25) is 0 Å². The SMILES string of the molecule is CC(NC1CCOC2(CCOC2)C1)c1ccccc1F. The fraction of sp³-hybridized carbons (Fsp3) is 0.625. The highest BCUT2D eigenvalue weighted by atomic mass is 19.1. The number of halogens is 1. The molecule has 1 spiro atoms. The molecule has 4 heteroatoms. The lowest BCUT2D eigenvalue weighted by molar-refractivity contribution is -0.0902. The first-order valence-electron chi connectivity index (χ1n) is 7.41. The highest BCUT2D eigenvalue weighted by molar-refractivity contribution is 5.20. The lowest BCUT2D eigenvalue weighted by Gasteiger charge is -2.38. The van der Waals surface area contributed by atoms with Gasteiger partial charge in [0.15, 0.2) is 0 Å². The van der Waals surface area contributed by atoms with Crippen molar-refractivity contribution in [2.45, 2.75) is 43.9 Å². The number of benzene rings is 1. The molecule has 0 saturated carbocycles. The summed E-state index contributed by atoms with van der Waals surface area (Å²) in [5, 5.41) is 3.55. The summed E-state index contributed by atoms with van der Waals surface area (Å²) >= 11 is 0. The van der Waals surface area contributed by atoms with Crippen LogP contribution in [0.3, 0.4) is 0 Å². The third-order valence-electron chi connectivity index (χ3n) is 4.42. The molecule has 3 unspecified atom stereocenters. The largest absolute Gasteiger partial charge is 0.378 e. The molecule has 0 bridgehead atoms. The van der Waals surface area contributed by atoms with Gasteiger partial charge in [0, 0.05) is 37.3 Å². The zero-order chi connectivity index (χ0) is 14.0. The van der Waals surface area contributed by atoms with Crippen LogP contribution in [0.4, 0.5) is 4.39 Å². The van der Waals surface area contributed by atoms with Crippen LogP contribution in [0.25, 0.3) is 0 Å². The molecule has 0 radical (unpaired) electrons. The van der Waals surface area contributed by atoms with Gasteiger partial charge < -0.3 is 14.8 Å². The minimum absolute atomic E-state index is 0.0127. The molecular weight excluding hydrogens is 257 g/mol. The first-order chi connectivity index (χ1) is 9.69. The molecular formula is C16H22FNO2. The van der Waals surface area contributed by atoms with Crippen molar-refractivity contribution in [1.82, 2.24) is 5.32 Å². The Bertz CT molecular complexity index is 460. The van der Waals surface area contributed by atoms with E-state index in [-0.39, 0.29) is 17.5 Å². The second-order valence-electron chi connectivity index (χ2n) is 5.93. The fourth-order valence-corrected chi connectivity index (χ4v) is 3.30. The molecule has 20 heavy (non-hydrogen) atoms. The summed E-state index contributed by atoms with van der Waals surface area (Å²) in [5.74, 6) is -0.140. The molecule has 0 amide bonds. The van der Waals surface area contributed by atoms with Gasteiger partial charge in [-0.05, 0) is 25.8 Å². The highest BCUT2D eigenvalue weighted by Gasteiger charge is 2.41. The first-order valence-corrected chi connectivity index (χ1v) is 7.41. The van der Waals surface area contributed by atoms with Crippen LogP contribution in [0.5, 0.6) is 0 Å². The highest BCUT2D eigenvalue weighted by Crippen LogP contribution is 2.33. The van der Waals surface area contributed by atoms with Gasteiger partial charge >= 0.3 is 0 Å². The van der Waals surface area contributed by atoms with Gasteiger partial charge in [-0.3, -0.25) is 0 Å². The topological polar surface area (TPSA) is 30.5 Å². The Labute approximate surface area is 119 Å². The van der Waals surface area contributed by atoms with E-state index in [9.17, 15) is 4.39 Å². The molecule has 2 fully saturated rings. The standard InChI is InChI=1S/C16H22FNO2/c1-12(14-4-2-3-5-15(14)17)18-13-6-8-20-16(10-13)7-9-19-11-16/h2-5,12-13,18H,6-11H2,1H3. The van der Waals surface area contributed by atoms with E-state index < -0.39 is 0 Å². The fourth-order valence-electron chi connectivity index (χ4n) is 3.30. The predicted molar refractivity (Wildman–Crippen MR) is 75.1 cm³/mol. The average Bonchev–Trinajstić information content (AvgIpc) is 2.87. The third kappa shape index (κ3) is 2.87. The molecule has 1 aromatic carbocycles. The maximum atomic E-state index is 13.8. The van der Waals surface area contributed by atoms with Crippen LogP contribution in [-0.4, -0.2) is 31.5 Å². The van der Waals surface area contributed by atoms with Gasteiger partial charge in [-0.2, -0.15) is 0 Å².